The highest BCUT2D eigenvalue weighted by atomic mass is 16.4. The molecule has 0 aliphatic heterocycles. The smallest absolute Gasteiger partial charge is 0.315 e. The Hall–Kier alpha value is -2.12. The Bertz CT molecular complexity index is 432. The summed E-state index contributed by atoms with van der Waals surface area (Å²) in [4.78, 5) is 21.9. The number of rotatable bonds is 7. The third kappa shape index (κ3) is 5.84. The lowest BCUT2D eigenvalue weighted by molar-refractivity contribution is -0.137. The molecular weight excluding hydrogens is 250 g/mol. The van der Waals surface area contributed by atoms with Crippen molar-refractivity contribution in [3.05, 3.63) is 12.2 Å². The minimum atomic E-state index is -0.820. The summed E-state index contributed by atoms with van der Waals surface area (Å²) in [6, 6.07) is -0.371. The Labute approximate surface area is 111 Å². The molecule has 0 spiro atoms. The van der Waals surface area contributed by atoms with Crippen LogP contribution in [0.4, 0.5) is 4.79 Å². The summed E-state index contributed by atoms with van der Waals surface area (Å²) in [5.74, 6) is -0.160. The first kappa shape index (κ1) is 14.9. The van der Waals surface area contributed by atoms with Gasteiger partial charge in [0.15, 0.2) is 5.82 Å². The van der Waals surface area contributed by atoms with Crippen LogP contribution in [-0.4, -0.2) is 37.9 Å². The fraction of sp³-hybridized carbons (Fsp3) is 0.636. The molecule has 3 N–H and O–H groups in total. The third-order valence-corrected chi connectivity index (χ3v) is 2.62. The van der Waals surface area contributed by atoms with Gasteiger partial charge in [0.25, 0.3) is 0 Å². The average Bonchev–Trinajstić information content (AvgIpc) is 2.71. The molecule has 0 aliphatic carbocycles. The Morgan fingerprint density at radius 2 is 2.26 bits per heavy atom. The number of carbonyl (C=O) groups is 2. The minimum Gasteiger partial charge on any atom is -0.481 e. The maximum Gasteiger partial charge on any atom is 0.315 e. The molecule has 1 rings (SSSR count). The molecule has 0 saturated carbocycles. The van der Waals surface area contributed by atoms with Gasteiger partial charge in [0.05, 0.1) is 6.54 Å². The van der Waals surface area contributed by atoms with Crippen LogP contribution in [0.1, 0.15) is 32.0 Å². The van der Waals surface area contributed by atoms with E-state index in [1.165, 1.54) is 0 Å². The molecule has 8 nitrogen and oxygen atoms in total. The molecule has 1 unspecified atom stereocenters. The van der Waals surface area contributed by atoms with Gasteiger partial charge in [-0.3, -0.25) is 4.79 Å². The van der Waals surface area contributed by atoms with Gasteiger partial charge in [-0.05, 0) is 19.8 Å². The highest BCUT2D eigenvalue weighted by Crippen LogP contribution is 2.00. The van der Waals surface area contributed by atoms with Gasteiger partial charge in [-0.25, -0.2) is 4.79 Å². The molecule has 1 aromatic heterocycles. The lowest BCUT2D eigenvalue weighted by atomic mass is 10.1. The number of carboxylic acids is 1. The summed E-state index contributed by atoms with van der Waals surface area (Å²) in [5, 5.41) is 21.5. The van der Waals surface area contributed by atoms with Crippen LogP contribution in [0.3, 0.4) is 0 Å². The zero-order valence-corrected chi connectivity index (χ0v) is 11.1. The second kappa shape index (κ2) is 7.34. The highest BCUT2D eigenvalue weighted by molar-refractivity contribution is 5.74. The first-order valence-electron chi connectivity index (χ1n) is 6.08. The molecule has 1 heterocycles. The molecule has 8 heteroatoms. The van der Waals surface area contributed by atoms with Gasteiger partial charge >= 0.3 is 12.0 Å². The van der Waals surface area contributed by atoms with E-state index >= 15 is 0 Å². The number of nitrogens with one attached hydrogen (secondary N) is 2. The van der Waals surface area contributed by atoms with Crippen LogP contribution in [0, 0.1) is 0 Å². The standard InChI is InChI=1S/C11H19N5O3/c1-8(4-3-5-10(17)18)14-11(19)12-6-9-15-13-7-16(9)2/h7-8H,3-6H2,1-2H3,(H,17,18)(H2,12,14,19). The number of hydrogen-bond acceptors (Lipinski definition) is 4. The number of carbonyl (C=O) groups excluding carboxylic acids is 1. The number of amides is 2. The van der Waals surface area contributed by atoms with E-state index in [2.05, 4.69) is 20.8 Å². The molecule has 106 valence electrons. The molecule has 0 aliphatic rings. The first-order valence-corrected chi connectivity index (χ1v) is 6.08. The number of nitrogens with zero attached hydrogens (tertiary/aromatic N) is 3. The molecule has 2 amide bonds. The van der Waals surface area contributed by atoms with Gasteiger partial charge in [0.1, 0.15) is 6.33 Å². The fourth-order valence-electron chi connectivity index (χ4n) is 1.53. The second-order valence-corrected chi connectivity index (χ2v) is 4.37. The van der Waals surface area contributed by atoms with Crippen LogP contribution in [0.25, 0.3) is 0 Å². The zero-order chi connectivity index (χ0) is 14.3. The van der Waals surface area contributed by atoms with Crippen molar-refractivity contribution in [1.82, 2.24) is 25.4 Å². The largest absolute Gasteiger partial charge is 0.481 e. The van der Waals surface area contributed by atoms with Crippen molar-refractivity contribution >= 4 is 12.0 Å². The average molecular weight is 269 g/mol. The van der Waals surface area contributed by atoms with Gasteiger partial charge in [-0.1, -0.05) is 0 Å². The Kier molecular flexibility index (Phi) is 5.77. The van der Waals surface area contributed by atoms with Crippen LogP contribution in [0.5, 0.6) is 0 Å². The van der Waals surface area contributed by atoms with Crippen LogP contribution in [0.2, 0.25) is 0 Å². The predicted molar refractivity (Wildman–Crippen MR) is 67.3 cm³/mol. The van der Waals surface area contributed by atoms with E-state index in [4.69, 9.17) is 5.11 Å². The lowest BCUT2D eigenvalue weighted by Gasteiger charge is -2.13. The second-order valence-electron chi connectivity index (χ2n) is 4.37. The van der Waals surface area contributed by atoms with Crippen LogP contribution in [0.15, 0.2) is 6.33 Å². The summed E-state index contributed by atoms with van der Waals surface area (Å²) in [6.45, 7) is 2.13. The number of carboxylic acid groups (broad SMARTS) is 1. The lowest BCUT2D eigenvalue weighted by Crippen LogP contribution is -2.40. The van der Waals surface area contributed by atoms with E-state index < -0.39 is 5.97 Å². The van der Waals surface area contributed by atoms with Crippen molar-refractivity contribution in [1.29, 1.82) is 0 Å². The van der Waals surface area contributed by atoms with Crippen LogP contribution >= 0.6 is 0 Å². The summed E-state index contributed by atoms with van der Waals surface area (Å²) in [6.07, 6.45) is 2.85. The molecule has 0 bridgehead atoms. The number of urea groups is 1. The van der Waals surface area contributed by atoms with Crippen molar-refractivity contribution in [3.8, 4) is 0 Å². The van der Waals surface area contributed by atoms with Gasteiger partial charge in [0.2, 0.25) is 0 Å². The fourth-order valence-corrected chi connectivity index (χ4v) is 1.53. The number of hydrogen-bond donors (Lipinski definition) is 3. The molecule has 0 aromatic carbocycles. The molecule has 0 fully saturated rings. The molecular formula is C11H19N5O3. The van der Waals surface area contributed by atoms with Crippen LogP contribution in [-0.2, 0) is 18.4 Å². The highest BCUT2D eigenvalue weighted by Gasteiger charge is 2.09. The summed E-state index contributed by atoms with van der Waals surface area (Å²) in [5.41, 5.74) is 0. The summed E-state index contributed by atoms with van der Waals surface area (Å²) >= 11 is 0. The SMILES string of the molecule is CC(CCCC(=O)O)NC(=O)NCc1nncn1C. The van der Waals surface area contributed by atoms with E-state index in [0.717, 1.165) is 0 Å². The van der Waals surface area contributed by atoms with E-state index in [0.29, 0.717) is 25.2 Å². The topological polar surface area (TPSA) is 109 Å². The normalized spacial score (nSPS) is 11.9. The van der Waals surface area contributed by atoms with Crippen molar-refractivity contribution < 1.29 is 14.7 Å². The Balaban J connectivity index is 2.20. The Morgan fingerprint density at radius 3 is 2.84 bits per heavy atom. The van der Waals surface area contributed by atoms with Crippen molar-refractivity contribution in [2.75, 3.05) is 0 Å². The van der Waals surface area contributed by atoms with Gasteiger partial charge in [-0.15, -0.1) is 10.2 Å². The molecule has 0 saturated heterocycles. The monoisotopic (exact) mass is 269 g/mol. The van der Waals surface area contributed by atoms with E-state index in [1.807, 2.05) is 6.92 Å². The minimum absolute atomic E-state index is 0.0705. The van der Waals surface area contributed by atoms with Crippen molar-refractivity contribution in [3.63, 3.8) is 0 Å². The van der Waals surface area contributed by atoms with E-state index in [9.17, 15) is 9.59 Å². The number of aryl methyl sites for hydroxylation is 1. The summed E-state index contributed by atoms with van der Waals surface area (Å²) < 4.78 is 1.72. The van der Waals surface area contributed by atoms with Crippen LogP contribution < -0.4 is 10.6 Å². The van der Waals surface area contributed by atoms with E-state index in [-0.39, 0.29) is 18.5 Å². The van der Waals surface area contributed by atoms with E-state index in [1.54, 1.807) is 17.9 Å². The van der Waals surface area contributed by atoms with Gasteiger partial charge in [-0.2, -0.15) is 0 Å². The Morgan fingerprint density at radius 1 is 1.53 bits per heavy atom. The van der Waals surface area contributed by atoms with Gasteiger partial charge in [0, 0.05) is 19.5 Å². The first-order chi connectivity index (χ1) is 8.99. The maximum absolute atomic E-state index is 11.6. The maximum atomic E-state index is 11.6. The van der Waals surface area contributed by atoms with Crippen molar-refractivity contribution in [2.45, 2.75) is 38.8 Å². The molecule has 1 atom stereocenters. The number of aromatic nitrogens is 3. The third-order valence-electron chi connectivity index (χ3n) is 2.62. The quantitative estimate of drug-likeness (QED) is 0.657. The molecule has 19 heavy (non-hydrogen) atoms. The molecule has 1 aromatic rings. The molecule has 0 radical (unpaired) electrons. The number of aliphatic carboxylic acids is 1. The predicted octanol–water partition coefficient (Wildman–Crippen LogP) is 0.258. The van der Waals surface area contributed by atoms with Gasteiger partial charge < -0.3 is 20.3 Å². The zero-order valence-electron chi connectivity index (χ0n) is 11.1. The summed E-state index contributed by atoms with van der Waals surface area (Å²) in [7, 11) is 1.80. The van der Waals surface area contributed by atoms with Crippen molar-refractivity contribution in [2.24, 2.45) is 7.05 Å².